The Hall–Kier alpha value is -2.71. The fraction of sp³-hybridized carbons (Fsp3) is 0.417. The van der Waals surface area contributed by atoms with E-state index in [9.17, 15) is 13.2 Å². The van der Waals surface area contributed by atoms with Crippen LogP contribution in [0, 0.1) is 0 Å². The first-order valence-electron chi connectivity index (χ1n) is 11.1. The van der Waals surface area contributed by atoms with Crippen molar-refractivity contribution in [1.29, 1.82) is 0 Å². The van der Waals surface area contributed by atoms with Gasteiger partial charge in [-0.25, -0.2) is 0 Å². The highest BCUT2D eigenvalue weighted by Crippen LogP contribution is 2.27. The first kappa shape index (κ1) is 22.5. The fourth-order valence-electron chi connectivity index (χ4n) is 4.54. The molecule has 1 N–H and O–H groups in total. The number of nitrogens with zero attached hydrogens (tertiary/aromatic N) is 3. The molecule has 32 heavy (non-hydrogen) atoms. The highest BCUT2D eigenvalue weighted by atomic mass is 32.2. The van der Waals surface area contributed by atoms with Gasteiger partial charge in [0.25, 0.3) is 10.0 Å². The molecule has 1 amide bonds. The lowest BCUT2D eigenvalue weighted by Gasteiger charge is -2.31. The molecule has 2 aliphatic rings. The summed E-state index contributed by atoms with van der Waals surface area (Å²) in [6, 6.07) is 15.1. The Labute approximate surface area is 190 Å². The van der Waals surface area contributed by atoms with Crippen LogP contribution in [0.1, 0.15) is 43.2 Å². The summed E-state index contributed by atoms with van der Waals surface area (Å²) in [6.07, 6.45) is 6.33. The lowest BCUT2D eigenvalue weighted by atomic mass is 9.94. The summed E-state index contributed by atoms with van der Waals surface area (Å²) in [7, 11) is 0.114. The molecule has 0 spiro atoms. The van der Waals surface area contributed by atoms with E-state index in [1.54, 1.807) is 30.1 Å². The highest BCUT2D eigenvalue weighted by molar-refractivity contribution is 7.90. The van der Waals surface area contributed by atoms with Crippen molar-refractivity contribution in [3.05, 3.63) is 59.7 Å². The van der Waals surface area contributed by atoms with E-state index in [0.29, 0.717) is 17.4 Å². The number of amides is 1. The molecule has 2 aromatic carbocycles. The minimum Gasteiger partial charge on any atom is -0.349 e. The molecule has 1 heterocycles. The number of nitrogens with one attached hydrogen (secondary N) is 1. The van der Waals surface area contributed by atoms with Crippen LogP contribution in [0.2, 0.25) is 0 Å². The first-order chi connectivity index (χ1) is 15.3. The molecule has 0 bridgehead atoms. The molecule has 1 aliphatic heterocycles. The quantitative estimate of drug-likeness (QED) is 0.723. The summed E-state index contributed by atoms with van der Waals surface area (Å²) in [4.78, 5) is 17.0. The number of benzene rings is 2. The van der Waals surface area contributed by atoms with E-state index >= 15 is 0 Å². The Morgan fingerprint density at radius 3 is 2.50 bits per heavy atom. The normalized spacial score (nSPS) is 17.7. The molecule has 8 heteroatoms. The van der Waals surface area contributed by atoms with Gasteiger partial charge in [-0.3, -0.25) is 9.69 Å². The monoisotopic (exact) mass is 454 g/mol. The summed E-state index contributed by atoms with van der Waals surface area (Å²) in [5, 5.41) is 3.01. The van der Waals surface area contributed by atoms with E-state index in [2.05, 4.69) is 21.7 Å². The zero-order valence-electron chi connectivity index (χ0n) is 18.6. The number of sulfonamides is 1. The molecule has 7 nitrogen and oxygen atoms in total. The third kappa shape index (κ3) is 4.86. The smallest absolute Gasteiger partial charge is 0.285 e. The number of anilines is 1. The van der Waals surface area contributed by atoms with Crippen LogP contribution in [0.25, 0.3) is 0 Å². The predicted octanol–water partition coefficient (Wildman–Crippen LogP) is 3.47. The fourth-order valence-corrected chi connectivity index (χ4v) is 5.80. The Kier molecular flexibility index (Phi) is 6.62. The molecule has 4 rings (SSSR count). The topological polar surface area (TPSA) is 82.1 Å². The first-order valence-corrected chi connectivity index (χ1v) is 12.5. The molecule has 1 aliphatic carbocycles. The zero-order valence-corrected chi connectivity index (χ0v) is 19.4. The lowest BCUT2D eigenvalue weighted by molar-refractivity contribution is -0.116. The number of hydrogen-bond donors (Lipinski definition) is 1. The second-order valence-corrected chi connectivity index (χ2v) is 10.2. The van der Waals surface area contributed by atoms with Crippen molar-refractivity contribution in [2.45, 2.75) is 49.6 Å². The van der Waals surface area contributed by atoms with E-state index in [4.69, 9.17) is 0 Å². The van der Waals surface area contributed by atoms with E-state index in [0.717, 1.165) is 17.8 Å². The number of carbonyl (C=O) groups excluding carboxylic acids is 1. The Balaban J connectivity index is 1.43. The summed E-state index contributed by atoms with van der Waals surface area (Å²) in [6.45, 7) is 0.769. The molecule has 1 saturated carbocycles. The number of likely N-dealkylation sites (N-methyl/N-ethyl adjacent to an activating group) is 1. The maximum Gasteiger partial charge on any atom is 0.285 e. The highest BCUT2D eigenvalue weighted by Gasteiger charge is 2.31. The third-order valence-electron chi connectivity index (χ3n) is 6.26. The van der Waals surface area contributed by atoms with Crippen LogP contribution in [0.3, 0.4) is 0 Å². The Morgan fingerprint density at radius 2 is 1.72 bits per heavy atom. The molecule has 0 saturated heterocycles. The summed E-state index contributed by atoms with van der Waals surface area (Å²) < 4.78 is 28.5. The van der Waals surface area contributed by atoms with E-state index < -0.39 is 10.0 Å². The average molecular weight is 455 g/mol. The molecule has 0 atom stereocenters. The van der Waals surface area contributed by atoms with E-state index in [1.165, 1.54) is 38.2 Å². The number of para-hydroxylation sites is 1. The van der Waals surface area contributed by atoms with Crippen LogP contribution in [-0.4, -0.2) is 56.6 Å². The molecular formula is C24H30N4O3S. The van der Waals surface area contributed by atoms with Gasteiger partial charge in [0, 0.05) is 30.9 Å². The predicted molar refractivity (Wildman–Crippen MR) is 126 cm³/mol. The second-order valence-electron chi connectivity index (χ2n) is 8.65. The molecule has 0 aromatic heterocycles. The average Bonchev–Trinajstić information content (AvgIpc) is 3.07. The van der Waals surface area contributed by atoms with Crippen molar-refractivity contribution in [2.24, 2.45) is 4.40 Å². The van der Waals surface area contributed by atoms with Crippen molar-refractivity contribution >= 4 is 27.5 Å². The minimum absolute atomic E-state index is 0.00448. The van der Waals surface area contributed by atoms with Gasteiger partial charge in [-0.15, -0.1) is 4.40 Å². The van der Waals surface area contributed by atoms with Crippen LogP contribution in [-0.2, 0) is 21.4 Å². The number of fused-ring (bicyclic) bond motifs is 1. The molecule has 0 unspecified atom stereocenters. The van der Waals surface area contributed by atoms with Gasteiger partial charge in [-0.2, -0.15) is 8.42 Å². The number of carbonyl (C=O) groups is 1. The maximum atomic E-state index is 12.8. The van der Waals surface area contributed by atoms with Gasteiger partial charge in [-0.1, -0.05) is 49.6 Å². The van der Waals surface area contributed by atoms with Gasteiger partial charge in [-0.05, 0) is 43.7 Å². The maximum absolute atomic E-state index is 12.8. The van der Waals surface area contributed by atoms with Crippen LogP contribution in [0.4, 0.5) is 5.69 Å². The van der Waals surface area contributed by atoms with Crippen LogP contribution in [0.15, 0.2) is 57.8 Å². The number of rotatable bonds is 6. The minimum atomic E-state index is -3.72. The van der Waals surface area contributed by atoms with Crippen molar-refractivity contribution in [2.75, 3.05) is 26.0 Å². The van der Waals surface area contributed by atoms with Crippen molar-refractivity contribution in [3.8, 4) is 0 Å². The van der Waals surface area contributed by atoms with Crippen molar-refractivity contribution in [1.82, 2.24) is 9.80 Å². The number of hydrogen-bond acceptors (Lipinski definition) is 5. The van der Waals surface area contributed by atoms with E-state index in [-0.39, 0.29) is 17.3 Å². The standard InChI is InChI=1S/C24H30N4O3S/c1-27(19-11-4-3-5-12-19)16-18-10-6-8-14-21(18)25-23(29)17-28(2)24-20-13-7-9-15-22(20)32(30,31)26-24/h6-10,13-15,19H,3-5,11-12,16-17H2,1-2H3,(H,25,29). The van der Waals surface area contributed by atoms with Crippen LogP contribution >= 0.6 is 0 Å². The summed E-state index contributed by atoms with van der Waals surface area (Å²) in [5.41, 5.74) is 2.38. The lowest BCUT2D eigenvalue weighted by Crippen LogP contribution is -2.35. The Morgan fingerprint density at radius 1 is 1.03 bits per heavy atom. The zero-order chi connectivity index (χ0) is 22.7. The molecule has 1 fully saturated rings. The second kappa shape index (κ2) is 9.42. The summed E-state index contributed by atoms with van der Waals surface area (Å²) in [5.74, 6) is 0.0748. The molecule has 170 valence electrons. The van der Waals surface area contributed by atoms with Crippen molar-refractivity contribution < 1.29 is 13.2 Å². The van der Waals surface area contributed by atoms with Gasteiger partial charge in [0.1, 0.15) is 4.90 Å². The van der Waals surface area contributed by atoms with Gasteiger partial charge in [0.15, 0.2) is 5.84 Å². The van der Waals surface area contributed by atoms with Gasteiger partial charge >= 0.3 is 0 Å². The number of amidine groups is 1. The van der Waals surface area contributed by atoms with Gasteiger partial charge in [0.2, 0.25) is 5.91 Å². The van der Waals surface area contributed by atoms with Gasteiger partial charge < -0.3 is 10.2 Å². The largest absolute Gasteiger partial charge is 0.349 e. The molecular weight excluding hydrogens is 424 g/mol. The van der Waals surface area contributed by atoms with Crippen LogP contribution < -0.4 is 5.32 Å². The van der Waals surface area contributed by atoms with Gasteiger partial charge in [0.05, 0.1) is 6.54 Å². The van der Waals surface area contributed by atoms with E-state index in [1.807, 2.05) is 24.3 Å². The Bertz CT molecular complexity index is 1120. The SMILES string of the molecule is CN(CC(=O)Nc1ccccc1CN(C)C1CCCCC1)C1=NS(=O)(=O)c2ccccc21. The van der Waals surface area contributed by atoms with Crippen molar-refractivity contribution in [3.63, 3.8) is 0 Å². The van der Waals surface area contributed by atoms with Crippen LogP contribution in [0.5, 0.6) is 0 Å². The molecule has 2 aromatic rings. The third-order valence-corrected chi connectivity index (χ3v) is 7.59. The molecule has 0 radical (unpaired) electrons. The summed E-state index contributed by atoms with van der Waals surface area (Å²) >= 11 is 0.